The minimum absolute atomic E-state index is 0.0656. The molecule has 3 rings (SSSR count). The summed E-state index contributed by atoms with van der Waals surface area (Å²) in [6.45, 7) is 0. The van der Waals surface area contributed by atoms with Crippen molar-refractivity contribution < 1.29 is 9.90 Å². The van der Waals surface area contributed by atoms with Crippen molar-refractivity contribution in [3.05, 3.63) is 30.4 Å². The van der Waals surface area contributed by atoms with Gasteiger partial charge < -0.3 is 5.11 Å². The summed E-state index contributed by atoms with van der Waals surface area (Å²) in [7, 11) is 0. The first-order chi connectivity index (χ1) is 8.75. The number of aromatic nitrogens is 3. The van der Waals surface area contributed by atoms with Gasteiger partial charge in [0.25, 0.3) is 0 Å². The molecule has 0 aromatic carbocycles. The van der Waals surface area contributed by atoms with E-state index in [1.54, 1.807) is 10.7 Å². The quantitative estimate of drug-likeness (QED) is 0.826. The smallest absolute Gasteiger partial charge is 0.320 e. The van der Waals surface area contributed by atoms with Crippen molar-refractivity contribution in [2.75, 3.05) is 0 Å². The van der Waals surface area contributed by atoms with Crippen molar-refractivity contribution >= 4 is 11.5 Å². The average Bonchev–Trinajstić information content (AvgIpc) is 2.82. The minimum atomic E-state index is -0.778. The van der Waals surface area contributed by atoms with Gasteiger partial charge in [-0.25, -0.2) is 9.50 Å². The molecular weight excluding hydrogens is 232 g/mol. The summed E-state index contributed by atoms with van der Waals surface area (Å²) in [6.07, 6.45) is 7.67. The normalized spacial score (nSPS) is 24.2. The molecule has 0 radical (unpaired) electrons. The Labute approximate surface area is 104 Å². The van der Waals surface area contributed by atoms with E-state index in [4.69, 9.17) is 5.11 Å². The maximum atomic E-state index is 11.0. The molecule has 6 nitrogen and oxygen atoms in total. The molecule has 3 heterocycles. The molecule has 18 heavy (non-hydrogen) atoms. The number of piperidine rings is 1. The van der Waals surface area contributed by atoms with Crippen LogP contribution in [0.4, 0.5) is 0 Å². The third kappa shape index (κ3) is 1.84. The minimum Gasteiger partial charge on any atom is -0.480 e. The van der Waals surface area contributed by atoms with Gasteiger partial charge in [-0.15, -0.1) is 0 Å². The second-order valence-electron chi connectivity index (χ2n) is 4.55. The first kappa shape index (κ1) is 11.2. The zero-order chi connectivity index (χ0) is 12.5. The summed E-state index contributed by atoms with van der Waals surface area (Å²) in [5.41, 5.74) is 2.00. The fourth-order valence-electron chi connectivity index (χ4n) is 2.54. The van der Waals surface area contributed by atoms with Crippen LogP contribution in [-0.2, 0) is 4.79 Å². The van der Waals surface area contributed by atoms with Crippen molar-refractivity contribution in [2.45, 2.75) is 31.3 Å². The standard InChI is InChI=1S/C12H14N4O2/c17-12(18)10-3-1-2-9(15-10)8-4-5-16-11(8)6-13-7-14-16/h4-7,9-10,15H,1-3H2,(H,17,18). The predicted octanol–water partition coefficient (Wildman–Crippen LogP) is 0.997. The number of nitrogens with zero attached hydrogens (tertiary/aromatic N) is 3. The lowest BCUT2D eigenvalue weighted by molar-refractivity contribution is -0.140. The Bertz CT molecular complexity index is 580. The van der Waals surface area contributed by atoms with Crippen molar-refractivity contribution in [1.82, 2.24) is 19.9 Å². The van der Waals surface area contributed by atoms with E-state index < -0.39 is 12.0 Å². The molecule has 0 spiro atoms. The van der Waals surface area contributed by atoms with E-state index in [1.165, 1.54) is 6.33 Å². The zero-order valence-electron chi connectivity index (χ0n) is 9.78. The molecule has 2 unspecified atom stereocenters. The first-order valence-corrected chi connectivity index (χ1v) is 6.02. The fraction of sp³-hybridized carbons (Fsp3) is 0.417. The number of rotatable bonds is 2. The number of hydrogen-bond donors (Lipinski definition) is 2. The molecule has 1 saturated heterocycles. The Morgan fingerprint density at radius 2 is 2.39 bits per heavy atom. The van der Waals surface area contributed by atoms with Crippen LogP contribution in [0.3, 0.4) is 0 Å². The van der Waals surface area contributed by atoms with Gasteiger partial charge in [0.2, 0.25) is 0 Å². The Morgan fingerprint density at radius 1 is 1.50 bits per heavy atom. The Morgan fingerprint density at radius 3 is 3.22 bits per heavy atom. The largest absolute Gasteiger partial charge is 0.480 e. The molecule has 2 N–H and O–H groups in total. The van der Waals surface area contributed by atoms with Crippen molar-refractivity contribution in [1.29, 1.82) is 0 Å². The van der Waals surface area contributed by atoms with Gasteiger partial charge >= 0.3 is 5.97 Å². The second-order valence-corrected chi connectivity index (χ2v) is 4.55. The number of nitrogens with one attached hydrogen (secondary N) is 1. The topological polar surface area (TPSA) is 79.5 Å². The van der Waals surface area contributed by atoms with Crippen LogP contribution in [0.25, 0.3) is 5.52 Å². The zero-order valence-corrected chi connectivity index (χ0v) is 9.78. The summed E-state index contributed by atoms with van der Waals surface area (Å²) in [6, 6.07) is 1.59. The molecule has 1 aliphatic rings. The van der Waals surface area contributed by atoms with Gasteiger partial charge in [-0.1, -0.05) is 0 Å². The van der Waals surface area contributed by atoms with Crippen molar-refractivity contribution in [3.63, 3.8) is 0 Å². The van der Waals surface area contributed by atoms with Crippen molar-refractivity contribution in [3.8, 4) is 0 Å². The van der Waals surface area contributed by atoms with Gasteiger partial charge in [0.15, 0.2) is 0 Å². The summed E-state index contributed by atoms with van der Waals surface area (Å²) >= 11 is 0. The van der Waals surface area contributed by atoms with Gasteiger partial charge in [-0.05, 0) is 30.9 Å². The van der Waals surface area contributed by atoms with E-state index in [-0.39, 0.29) is 6.04 Å². The monoisotopic (exact) mass is 246 g/mol. The molecule has 94 valence electrons. The van der Waals surface area contributed by atoms with Crippen LogP contribution in [0.5, 0.6) is 0 Å². The van der Waals surface area contributed by atoms with E-state index in [2.05, 4.69) is 15.4 Å². The molecule has 0 saturated carbocycles. The molecule has 2 aromatic heterocycles. The highest BCUT2D eigenvalue weighted by atomic mass is 16.4. The van der Waals surface area contributed by atoms with Gasteiger partial charge in [0.1, 0.15) is 12.4 Å². The van der Waals surface area contributed by atoms with Crippen LogP contribution < -0.4 is 5.32 Å². The van der Waals surface area contributed by atoms with E-state index in [0.29, 0.717) is 6.42 Å². The van der Waals surface area contributed by atoms with Gasteiger partial charge in [0.05, 0.1) is 11.7 Å². The molecule has 2 aromatic rings. The SMILES string of the molecule is O=C(O)C1CCCC(c2ccn3ncncc23)N1. The predicted molar refractivity (Wildman–Crippen MR) is 64.1 cm³/mol. The molecule has 1 aliphatic heterocycles. The molecule has 0 amide bonds. The van der Waals surface area contributed by atoms with Crippen LogP contribution in [0.2, 0.25) is 0 Å². The molecule has 0 aliphatic carbocycles. The number of carbonyl (C=O) groups is 1. The maximum absolute atomic E-state index is 11.0. The average molecular weight is 246 g/mol. The van der Waals surface area contributed by atoms with Crippen LogP contribution >= 0.6 is 0 Å². The lowest BCUT2D eigenvalue weighted by Gasteiger charge is -2.28. The third-order valence-corrected chi connectivity index (χ3v) is 3.44. The van der Waals surface area contributed by atoms with E-state index in [0.717, 1.165) is 23.9 Å². The van der Waals surface area contributed by atoms with Gasteiger partial charge in [-0.2, -0.15) is 5.10 Å². The number of carboxylic acid groups (broad SMARTS) is 1. The van der Waals surface area contributed by atoms with Crippen LogP contribution in [0.1, 0.15) is 30.9 Å². The van der Waals surface area contributed by atoms with E-state index >= 15 is 0 Å². The second kappa shape index (κ2) is 4.38. The Kier molecular flexibility index (Phi) is 2.71. The van der Waals surface area contributed by atoms with Gasteiger partial charge in [0, 0.05) is 12.2 Å². The Hall–Kier alpha value is -1.95. The van der Waals surface area contributed by atoms with Crippen molar-refractivity contribution in [2.24, 2.45) is 0 Å². The van der Waals surface area contributed by atoms with Gasteiger partial charge in [-0.3, -0.25) is 10.1 Å². The summed E-state index contributed by atoms with van der Waals surface area (Å²) in [5, 5.41) is 16.4. The fourth-order valence-corrected chi connectivity index (χ4v) is 2.54. The van der Waals surface area contributed by atoms with E-state index in [9.17, 15) is 4.79 Å². The lowest BCUT2D eigenvalue weighted by atomic mass is 9.94. The Balaban J connectivity index is 1.92. The highest BCUT2D eigenvalue weighted by Gasteiger charge is 2.28. The number of fused-ring (bicyclic) bond motifs is 1. The third-order valence-electron chi connectivity index (χ3n) is 3.44. The number of carboxylic acids is 1. The molecule has 1 fully saturated rings. The molecule has 6 heteroatoms. The highest BCUT2D eigenvalue weighted by molar-refractivity contribution is 5.73. The molecule has 0 bridgehead atoms. The molecule has 2 atom stereocenters. The molecular formula is C12H14N4O2. The number of aliphatic carboxylic acids is 1. The lowest BCUT2D eigenvalue weighted by Crippen LogP contribution is -2.42. The first-order valence-electron chi connectivity index (χ1n) is 6.02. The highest BCUT2D eigenvalue weighted by Crippen LogP contribution is 2.28. The summed E-state index contributed by atoms with van der Waals surface area (Å²) in [4.78, 5) is 15.1. The van der Waals surface area contributed by atoms with Crippen LogP contribution in [0.15, 0.2) is 24.8 Å². The summed E-state index contributed by atoms with van der Waals surface area (Å²) < 4.78 is 1.76. The van der Waals surface area contributed by atoms with E-state index in [1.807, 2.05) is 12.3 Å². The maximum Gasteiger partial charge on any atom is 0.320 e. The number of hydrogen-bond acceptors (Lipinski definition) is 4. The van der Waals surface area contributed by atoms with Crippen LogP contribution in [-0.4, -0.2) is 31.7 Å². The summed E-state index contributed by atoms with van der Waals surface area (Å²) in [5.74, 6) is -0.778. The van der Waals surface area contributed by atoms with Crippen LogP contribution in [0, 0.1) is 0 Å².